The van der Waals surface area contributed by atoms with Crippen LogP contribution >= 0.6 is 15.6 Å². The number of hydrogen-bond acceptors (Lipinski definition) is 15. The predicted octanol–water partition coefficient (Wildman–Crippen LogP) is 19.0. The van der Waals surface area contributed by atoms with Crippen molar-refractivity contribution in [3.63, 3.8) is 0 Å². The van der Waals surface area contributed by atoms with E-state index in [4.69, 9.17) is 37.0 Å². The van der Waals surface area contributed by atoms with Crippen LogP contribution in [0.1, 0.15) is 343 Å². The van der Waals surface area contributed by atoms with E-state index in [1.807, 2.05) is 0 Å². The smallest absolute Gasteiger partial charge is 0.462 e. The van der Waals surface area contributed by atoms with Crippen LogP contribution in [-0.2, 0) is 65.4 Å². The lowest BCUT2D eigenvalue weighted by molar-refractivity contribution is -0.161. The summed E-state index contributed by atoms with van der Waals surface area (Å²) in [5, 5.41) is 10.6. The summed E-state index contributed by atoms with van der Waals surface area (Å²) >= 11 is 0. The maximum absolute atomic E-state index is 13.0. The minimum absolute atomic E-state index is 0.106. The third kappa shape index (κ3) is 60.9. The van der Waals surface area contributed by atoms with E-state index in [0.717, 1.165) is 95.8 Å². The molecule has 0 fully saturated rings. The second-order valence-corrected chi connectivity index (χ2v) is 27.6. The van der Waals surface area contributed by atoms with Crippen LogP contribution in [0.2, 0.25) is 0 Å². The summed E-state index contributed by atoms with van der Waals surface area (Å²) in [6.07, 6.45) is 45.7. The van der Waals surface area contributed by atoms with Crippen LogP contribution in [0, 0.1) is 5.92 Å². The van der Waals surface area contributed by atoms with E-state index in [1.165, 1.54) is 167 Å². The van der Waals surface area contributed by atoms with Crippen molar-refractivity contribution in [2.24, 2.45) is 5.92 Å². The van der Waals surface area contributed by atoms with Gasteiger partial charge in [0, 0.05) is 25.7 Å². The van der Waals surface area contributed by atoms with Crippen LogP contribution in [0.4, 0.5) is 0 Å². The molecule has 0 aromatic rings. The van der Waals surface area contributed by atoms with Crippen molar-refractivity contribution in [1.29, 1.82) is 0 Å². The molecule has 2 unspecified atom stereocenters. The number of hydrogen-bond donors (Lipinski definition) is 3. The van der Waals surface area contributed by atoms with Crippen LogP contribution in [0.5, 0.6) is 0 Å². The molecule has 3 N–H and O–H groups in total. The molecule has 19 heteroatoms. The lowest BCUT2D eigenvalue weighted by Gasteiger charge is -2.21. The van der Waals surface area contributed by atoms with Crippen molar-refractivity contribution in [3.05, 3.63) is 0 Å². The van der Waals surface area contributed by atoms with Gasteiger partial charge in [0.25, 0.3) is 0 Å². The number of carbonyl (C=O) groups excluding carboxylic acids is 4. The van der Waals surface area contributed by atoms with Gasteiger partial charge in [-0.2, -0.15) is 0 Å². The van der Waals surface area contributed by atoms with E-state index in [-0.39, 0.29) is 25.7 Å². The monoisotopic (exact) mass is 1270 g/mol. The van der Waals surface area contributed by atoms with E-state index < -0.39 is 97.5 Å². The van der Waals surface area contributed by atoms with Gasteiger partial charge in [-0.3, -0.25) is 37.3 Å². The fourth-order valence-electron chi connectivity index (χ4n) is 10.1. The number of phosphoric acid groups is 2. The van der Waals surface area contributed by atoms with E-state index in [1.54, 1.807) is 0 Å². The molecule has 0 saturated carbocycles. The molecule has 0 aliphatic rings. The van der Waals surface area contributed by atoms with Crippen LogP contribution < -0.4 is 0 Å². The molecule has 0 heterocycles. The van der Waals surface area contributed by atoms with E-state index in [2.05, 4.69) is 34.6 Å². The summed E-state index contributed by atoms with van der Waals surface area (Å²) in [5.74, 6) is -1.38. The molecule has 0 amide bonds. The average molecular weight is 1270 g/mol. The Bertz CT molecular complexity index is 1670. The van der Waals surface area contributed by atoms with Crippen LogP contribution in [-0.4, -0.2) is 96.7 Å². The predicted molar refractivity (Wildman–Crippen MR) is 345 cm³/mol. The van der Waals surface area contributed by atoms with Crippen molar-refractivity contribution in [3.8, 4) is 0 Å². The van der Waals surface area contributed by atoms with Crippen LogP contribution in [0.15, 0.2) is 0 Å². The van der Waals surface area contributed by atoms with E-state index in [9.17, 15) is 43.2 Å². The molecule has 0 aliphatic heterocycles. The Morgan fingerprint density at radius 2 is 0.535 bits per heavy atom. The minimum Gasteiger partial charge on any atom is -0.462 e. The van der Waals surface area contributed by atoms with Gasteiger partial charge in [0.2, 0.25) is 0 Å². The Labute approximate surface area is 524 Å². The Balaban J connectivity index is 5.23. The zero-order chi connectivity index (χ0) is 63.5. The van der Waals surface area contributed by atoms with Gasteiger partial charge in [0.05, 0.1) is 26.4 Å². The van der Waals surface area contributed by atoms with Gasteiger partial charge < -0.3 is 33.8 Å². The van der Waals surface area contributed by atoms with Gasteiger partial charge >= 0.3 is 39.5 Å². The largest absolute Gasteiger partial charge is 0.472 e. The number of esters is 4. The molecule has 0 bridgehead atoms. The number of rotatable bonds is 67. The summed E-state index contributed by atoms with van der Waals surface area (Å²) in [4.78, 5) is 72.3. The van der Waals surface area contributed by atoms with E-state index >= 15 is 0 Å². The fourth-order valence-corrected chi connectivity index (χ4v) is 11.7. The first-order chi connectivity index (χ1) is 41.5. The topological polar surface area (TPSA) is 237 Å². The first-order valence-electron chi connectivity index (χ1n) is 35.1. The van der Waals surface area contributed by atoms with Crippen LogP contribution in [0.25, 0.3) is 0 Å². The number of unbranched alkanes of at least 4 members (excludes halogenated alkanes) is 39. The first kappa shape index (κ1) is 84.1. The second-order valence-electron chi connectivity index (χ2n) is 24.7. The average Bonchev–Trinajstić information content (AvgIpc) is 3.65. The molecule has 5 atom stereocenters. The molecule has 0 aromatic carbocycles. The normalized spacial score (nSPS) is 14.2. The standard InChI is InChI=1S/C67H130O17P2/c1-6-9-12-15-18-21-23-24-25-26-27-32-38-43-48-53-67(72)84-63(57-78-65(70)51-46-41-36-33-28-30-34-39-44-49-60(4)5)59-82-86(75,76)80-55-61(68)54-79-85(73,74)81-58-62(56-77-64(69)50-45-40-35-29-20-17-14-11-8-3)83-66(71)52-47-42-37-31-22-19-16-13-10-7-2/h60-63,68H,6-59H2,1-5H3,(H,73,74)(H,75,76)/t61-,62+,63+/m0/s1. The lowest BCUT2D eigenvalue weighted by atomic mass is 10.0. The molecule has 17 nitrogen and oxygen atoms in total. The summed E-state index contributed by atoms with van der Waals surface area (Å²) in [6.45, 7) is 7.18. The molecular weight excluding hydrogens is 1140 g/mol. The van der Waals surface area contributed by atoms with Gasteiger partial charge in [-0.25, -0.2) is 9.13 Å². The molecule has 0 spiro atoms. The van der Waals surface area contributed by atoms with Crippen molar-refractivity contribution < 1.29 is 80.2 Å². The number of aliphatic hydroxyl groups is 1. The highest BCUT2D eigenvalue weighted by Crippen LogP contribution is 2.45. The molecule has 510 valence electrons. The third-order valence-corrected chi connectivity index (χ3v) is 17.4. The maximum Gasteiger partial charge on any atom is 0.472 e. The van der Waals surface area contributed by atoms with Gasteiger partial charge in [-0.05, 0) is 31.6 Å². The summed E-state index contributed by atoms with van der Waals surface area (Å²) < 4.78 is 68.1. The quantitative estimate of drug-likeness (QED) is 0.0222. The number of aliphatic hydroxyl groups excluding tert-OH is 1. The number of phosphoric ester groups is 2. The van der Waals surface area contributed by atoms with Crippen molar-refractivity contribution in [2.75, 3.05) is 39.6 Å². The zero-order valence-corrected chi connectivity index (χ0v) is 57.2. The van der Waals surface area contributed by atoms with E-state index in [0.29, 0.717) is 25.7 Å². The highest BCUT2D eigenvalue weighted by Gasteiger charge is 2.30. The highest BCUT2D eigenvalue weighted by atomic mass is 31.2. The maximum atomic E-state index is 13.0. The van der Waals surface area contributed by atoms with Crippen molar-refractivity contribution >= 4 is 39.5 Å². The van der Waals surface area contributed by atoms with Gasteiger partial charge in [-0.15, -0.1) is 0 Å². The Morgan fingerprint density at radius 1 is 0.314 bits per heavy atom. The van der Waals surface area contributed by atoms with Crippen LogP contribution in [0.3, 0.4) is 0 Å². The first-order valence-corrected chi connectivity index (χ1v) is 38.1. The molecule has 0 aromatic heterocycles. The minimum atomic E-state index is -4.95. The Morgan fingerprint density at radius 3 is 0.791 bits per heavy atom. The van der Waals surface area contributed by atoms with Gasteiger partial charge in [0.1, 0.15) is 19.3 Å². The summed E-state index contributed by atoms with van der Waals surface area (Å²) in [7, 11) is -9.89. The third-order valence-electron chi connectivity index (χ3n) is 15.5. The molecular formula is C67H130O17P2. The van der Waals surface area contributed by atoms with Crippen molar-refractivity contribution in [2.45, 2.75) is 361 Å². The fraction of sp³-hybridized carbons (Fsp3) is 0.940. The summed E-state index contributed by atoms with van der Waals surface area (Å²) in [6, 6.07) is 0. The SMILES string of the molecule is CCCCCCCCCCCCCCCCCC(=O)O[C@H](COC(=O)CCCCCCCCCCCC(C)C)COP(=O)(O)OC[C@@H](O)COP(=O)(O)OC[C@@H](COC(=O)CCCCCCCCCCC)OC(=O)CCCCCCCCCCCC. The van der Waals surface area contributed by atoms with Gasteiger partial charge in [-0.1, -0.05) is 291 Å². The molecule has 0 radical (unpaired) electrons. The lowest BCUT2D eigenvalue weighted by Crippen LogP contribution is -2.30. The molecule has 0 aliphatic carbocycles. The highest BCUT2D eigenvalue weighted by molar-refractivity contribution is 7.47. The molecule has 86 heavy (non-hydrogen) atoms. The Hall–Kier alpha value is -1.94. The number of ether oxygens (including phenoxy) is 4. The van der Waals surface area contributed by atoms with Crippen molar-refractivity contribution in [1.82, 2.24) is 0 Å². The molecule has 0 saturated heterocycles. The summed E-state index contributed by atoms with van der Waals surface area (Å²) in [5.41, 5.74) is 0. The molecule has 0 rings (SSSR count). The number of carbonyl (C=O) groups is 4. The Kier molecular flexibility index (Phi) is 59.2. The zero-order valence-electron chi connectivity index (χ0n) is 55.4. The van der Waals surface area contributed by atoms with Gasteiger partial charge in [0.15, 0.2) is 12.2 Å². The second kappa shape index (κ2) is 60.6.